The van der Waals surface area contributed by atoms with Crippen molar-refractivity contribution in [2.24, 2.45) is 11.7 Å². The number of benzene rings is 2. The molecule has 5 nitrogen and oxygen atoms in total. The van der Waals surface area contributed by atoms with E-state index < -0.39 is 11.5 Å². The van der Waals surface area contributed by atoms with Crippen LogP contribution in [-0.4, -0.2) is 25.5 Å². The minimum Gasteiger partial charge on any atom is -0.469 e. The molecule has 2 aromatic carbocycles. The van der Waals surface area contributed by atoms with Crippen LogP contribution in [0, 0.1) is 12.8 Å². The van der Waals surface area contributed by atoms with Crippen molar-refractivity contribution >= 4 is 24.3 Å². The van der Waals surface area contributed by atoms with Gasteiger partial charge in [0.25, 0.3) is 0 Å². The fourth-order valence-electron chi connectivity index (χ4n) is 2.84. The Kier molecular flexibility index (Phi) is 8.47. The molecule has 0 heterocycles. The number of halogens is 1. The average Bonchev–Trinajstić information content (AvgIpc) is 2.64. The molecule has 0 radical (unpaired) electrons. The van der Waals surface area contributed by atoms with Crippen LogP contribution in [0.25, 0.3) is 0 Å². The van der Waals surface area contributed by atoms with Gasteiger partial charge in [-0.1, -0.05) is 60.2 Å². The van der Waals surface area contributed by atoms with Gasteiger partial charge in [0.05, 0.1) is 13.0 Å². The van der Waals surface area contributed by atoms with E-state index in [0.29, 0.717) is 12.0 Å². The summed E-state index contributed by atoms with van der Waals surface area (Å²) in [6, 6.07) is 17.1. The summed E-state index contributed by atoms with van der Waals surface area (Å²) in [5.41, 5.74) is 7.90. The van der Waals surface area contributed by atoms with Crippen LogP contribution < -0.4 is 11.1 Å². The van der Waals surface area contributed by atoms with Gasteiger partial charge in [-0.25, -0.2) is 0 Å². The highest BCUT2D eigenvalue weighted by molar-refractivity contribution is 5.87. The molecule has 0 spiro atoms. The Hall–Kier alpha value is -2.37. The molecular formula is C21H27ClN2O3. The fourth-order valence-corrected chi connectivity index (χ4v) is 2.84. The molecule has 0 aliphatic carbocycles. The van der Waals surface area contributed by atoms with Crippen molar-refractivity contribution in [3.8, 4) is 0 Å². The first-order valence-electron chi connectivity index (χ1n) is 8.60. The third-order valence-corrected chi connectivity index (χ3v) is 4.45. The van der Waals surface area contributed by atoms with Crippen molar-refractivity contribution in [1.82, 2.24) is 5.32 Å². The lowest BCUT2D eigenvalue weighted by molar-refractivity contribution is -0.145. The number of methoxy groups -OCH3 is 1. The van der Waals surface area contributed by atoms with Crippen LogP contribution >= 0.6 is 12.4 Å². The van der Waals surface area contributed by atoms with Crippen LogP contribution in [-0.2, 0) is 26.3 Å². The van der Waals surface area contributed by atoms with Gasteiger partial charge in [-0.15, -0.1) is 12.4 Å². The molecule has 0 fully saturated rings. The van der Waals surface area contributed by atoms with E-state index in [9.17, 15) is 9.59 Å². The Labute approximate surface area is 166 Å². The van der Waals surface area contributed by atoms with Crippen molar-refractivity contribution in [3.05, 3.63) is 71.3 Å². The minimum atomic E-state index is -1.18. The monoisotopic (exact) mass is 390 g/mol. The third kappa shape index (κ3) is 6.08. The predicted molar refractivity (Wildman–Crippen MR) is 109 cm³/mol. The van der Waals surface area contributed by atoms with E-state index in [0.717, 1.165) is 11.1 Å². The van der Waals surface area contributed by atoms with E-state index in [2.05, 4.69) is 5.32 Å². The SMILES string of the molecule is COC(=O)C(CNC(=O)C(C)(N)c1ccccc1)Cc1cccc(C)c1.Cl. The summed E-state index contributed by atoms with van der Waals surface area (Å²) in [4.78, 5) is 24.7. The zero-order valence-electron chi connectivity index (χ0n) is 15.9. The molecular weight excluding hydrogens is 364 g/mol. The molecule has 146 valence electrons. The number of rotatable bonds is 7. The van der Waals surface area contributed by atoms with E-state index in [1.165, 1.54) is 7.11 Å². The Morgan fingerprint density at radius 3 is 2.41 bits per heavy atom. The Morgan fingerprint density at radius 2 is 1.81 bits per heavy atom. The summed E-state index contributed by atoms with van der Waals surface area (Å²) in [5, 5.41) is 2.81. The molecule has 0 aliphatic heterocycles. The van der Waals surface area contributed by atoms with Gasteiger partial charge in [-0.3, -0.25) is 9.59 Å². The lowest BCUT2D eigenvalue weighted by atomic mass is 9.91. The lowest BCUT2D eigenvalue weighted by Crippen LogP contribution is -2.50. The number of nitrogens with one attached hydrogen (secondary N) is 1. The molecule has 0 aromatic heterocycles. The zero-order chi connectivity index (χ0) is 19.2. The number of hydrogen-bond donors (Lipinski definition) is 2. The second kappa shape index (κ2) is 10.1. The molecule has 0 aliphatic rings. The largest absolute Gasteiger partial charge is 0.469 e. The van der Waals surface area contributed by atoms with Gasteiger partial charge in [0.1, 0.15) is 5.54 Å². The van der Waals surface area contributed by atoms with E-state index >= 15 is 0 Å². The normalized spacial score (nSPS) is 13.6. The number of ether oxygens (including phenoxy) is 1. The van der Waals surface area contributed by atoms with E-state index in [1.54, 1.807) is 6.92 Å². The molecule has 2 atom stereocenters. The summed E-state index contributed by atoms with van der Waals surface area (Å²) in [7, 11) is 1.35. The Bertz CT molecular complexity index is 763. The molecule has 2 rings (SSSR count). The first-order valence-corrected chi connectivity index (χ1v) is 8.60. The van der Waals surface area contributed by atoms with Gasteiger partial charge >= 0.3 is 5.97 Å². The number of carbonyl (C=O) groups excluding carboxylic acids is 2. The van der Waals surface area contributed by atoms with Gasteiger partial charge in [0.2, 0.25) is 5.91 Å². The minimum absolute atomic E-state index is 0. The summed E-state index contributed by atoms with van der Waals surface area (Å²) in [6.45, 7) is 3.82. The molecule has 0 saturated carbocycles. The number of carbonyl (C=O) groups is 2. The second-order valence-corrected chi connectivity index (χ2v) is 6.69. The second-order valence-electron chi connectivity index (χ2n) is 6.69. The molecule has 6 heteroatoms. The Morgan fingerprint density at radius 1 is 1.15 bits per heavy atom. The first-order chi connectivity index (χ1) is 12.3. The van der Waals surface area contributed by atoms with Gasteiger partial charge in [0.15, 0.2) is 0 Å². The number of aryl methyl sites for hydroxylation is 1. The van der Waals surface area contributed by atoms with Crippen molar-refractivity contribution in [3.63, 3.8) is 0 Å². The van der Waals surface area contributed by atoms with Crippen LogP contribution in [0.1, 0.15) is 23.6 Å². The summed E-state index contributed by atoms with van der Waals surface area (Å²) < 4.78 is 4.90. The van der Waals surface area contributed by atoms with E-state index in [1.807, 2.05) is 61.5 Å². The quantitative estimate of drug-likeness (QED) is 0.712. The van der Waals surface area contributed by atoms with Crippen LogP contribution in [0.5, 0.6) is 0 Å². The van der Waals surface area contributed by atoms with Gasteiger partial charge in [-0.2, -0.15) is 0 Å². The van der Waals surface area contributed by atoms with Crippen molar-refractivity contribution in [2.75, 3.05) is 13.7 Å². The summed E-state index contributed by atoms with van der Waals surface area (Å²) in [5.74, 6) is -1.16. The summed E-state index contributed by atoms with van der Waals surface area (Å²) in [6.07, 6.45) is 0.487. The summed E-state index contributed by atoms with van der Waals surface area (Å²) >= 11 is 0. The predicted octanol–water partition coefficient (Wildman–Crippen LogP) is 2.74. The van der Waals surface area contributed by atoms with Gasteiger partial charge in [0, 0.05) is 6.54 Å². The topological polar surface area (TPSA) is 81.4 Å². The fraction of sp³-hybridized carbons (Fsp3) is 0.333. The third-order valence-electron chi connectivity index (χ3n) is 4.45. The maximum atomic E-state index is 12.6. The van der Waals surface area contributed by atoms with Crippen molar-refractivity contribution in [1.29, 1.82) is 0 Å². The number of nitrogens with two attached hydrogens (primary N) is 1. The van der Waals surface area contributed by atoms with Crippen LogP contribution in [0.2, 0.25) is 0 Å². The van der Waals surface area contributed by atoms with Gasteiger partial charge in [-0.05, 0) is 31.4 Å². The Balaban J connectivity index is 0.00000364. The average molecular weight is 391 g/mol. The van der Waals surface area contributed by atoms with Crippen LogP contribution in [0.15, 0.2) is 54.6 Å². The molecule has 0 saturated heterocycles. The highest BCUT2D eigenvalue weighted by atomic mass is 35.5. The standard InChI is InChI=1S/C21H26N2O3.ClH/c1-15-8-7-9-16(12-15)13-17(19(24)26-3)14-23-20(25)21(2,22)18-10-5-4-6-11-18;/h4-12,17H,13-14,22H2,1-3H3,(H,23,25);1H. The molecule has 27 heavy (non-hydrogen) atoms. The molecule has 3 N–H and O–H groups in total. The van der Waals surface area contributed by atoms with Crippen LogP contribution in [0.3, 0.4) is 0 Å². The van der Waals surface area contributed by atoms with Crippen LogP contribution in [0.4, 0.5) is 0 Å². The maximum absolute atomic E-state index is 12.6. The van der Waals surface area contributed by atoms with E-state index in [-0.39, 0.29) is 30.8 Å². The van der Waals surface area contributed by atoms with Crippen molar-refractivity contribution < 1.29 is 14.3 Å². The number of hydrogen-bond acceptors (Lipinski definition) is 4. The lowest BCUT2D eigenvalue weighted by Gasteiger charge is -2.25. The molecule has 1 amide bonds. The maximum Gasteiger partial charge on any atom is 0.310 e. The highest BCUT2D eigenvalue weighted by Crippen LogP contribution is 2.18. The number of esters is 1. The highest BCUT2D eigenvalue weighted by Gasteiger charge is 2.31. The number of amides is 1. The zero-order valence-corrected chi connectivity index (χ0v) is 16.7. The van der Waals surface area contributed by atoms with E-state index in [4.69, 9.17) is 10.5 Å². The van der Waals surface area contributed by atoms with Crippen molar-refractivity contribution in [2.45, 2.75) is 25.8 Å². The van der Waals surface area contributed by atoms with Gasteiger partial charge < -0.3 is 15.8 Å². The molecule has 2 aromatic rings. The first kappa shape index (κ1) is 22.7. The smallest absolute Gasteiger partial charge is 0.310 e. The molecule has 0 bridgehead atoms. The molecule has 2 unspecified atom stereocenters.